The van der Waals surface area contributed by atoms with Crippen LogP contribution in [0.3, 0.4) is 0 Å². The quantitative estimate of drug-likeness (QED) is 0.377. The molecule has 6 heterocycles. The van der Waals surface area contributed by atoms with Crippen LogP contribution in [0.1, 0.15) is 22.5 Å². The summed E-state index contributed by atoms with van der Waals surface area (Å²) in [5.74, 6) is 2.05. The molecule has 2 unspecified atom stereocenters. The van der Waals surface area contributed by atoms with Gasteiger partial charge in [0.25, 0.3) is 5.91 Å². The van der Waals surface area contributed by atoms with Crippen molar-refractivity contribution in [1.29, 1.82) is 0 Å². The topological polar surface area (TPSA) is 101 Å². The van der Waals surface area contributed by atoms with Gasteiger partial charge in [0.1, 0.15) is 5.82 Å². The standard InChI is InChI=1S/C27H26N6O2S2/c1-36-21-9-19(11-28-14-21)27(34)30-13-20-10-24-17(12-29-20)5-6-23(31-24)22-3-2-4-26(32-22)33-15-18-7-8-37(35)25(18)16-33/h2-6,9-12,14,18,25H,7-8,13,15-16H2,1H3,(H,30,34)/t18?,25-,37?/m0/s1. The number of fused-ring (bicyclic) bond motifs is 2. The number of amides is 1. The molecule has 0 spiro atoms. The highest BCUT2D eigenvalue weighted by Gasteiger charge is 2.41. The lowest BCUT2D eigenvalue weighted by Crippen LogP contribution is -2.24. The van der Waals surface area contributed by atoms with Crippen LogP contribution in [0.15, 0.2) is 66.0 Å². The number of hydrogen-bond donors (Lipinski definition) is 1. The number of hydrogen-bond acceptors (Lipinski definition) is 8. The molecule has 0 radical (unpaired) electrons. The zero-order valence-corrected chi connectivity index (χ0v) is 22.0. The molecule has 2 fully saturated rings. The first-order valence-electron chi connectivity index (χ1n) is 12.2. The summed E-state index contributed by atoms with van der Waals surface area (Å²) >= 11 is 1.54. The lowest BCUT2D eigenvalue weighted by molar-refractivity contribution is 0.0950. The number of nitrogens with zero attached hydrogens (tertiary/aromatic N) is 5. The van der Waals surface area contributed by atoms with Gasteiger partial charge in [-0.05, 0) is 55.0 Å². The minimum atomic E-state index is -0.718. The zero-order valence-electron chi connectivity index (χ0n) is 20.3. The van der Waals surface area contributed by atoms with E-state index < -0.39 is 10.8 Å². The molecule has 1 N–H and O–H groups in total. The van der Waals surface area contributed by atoms with Crippen molar-refractivity contribution >= 4 is 45.2 Å². The Bertz CT molecular complexity index is 1510. The molecule has 8 nitrogen and oxygen atoms in total. The maximum absolute atomic E-state index is 12.6. The van der Waals surface area contributed by atoms with Gasteiger partial charge in [0, 0.05) is 58.5 Å². The van der Waals surface area contributed by atoms with Crippen LogP contribution < -0.4 is 10.2 Å². The second-order valence-electron chi connectivity index (χ2n) is 9.32. The van der Waals surface area contributed by atoms with Gasteiger partial charge in [0.05, 0.1) is 40.0 Å². The Morgan fingerprint density at radius 3 is 2.86 bits per heavy atom. The molecule has 10 heteroatoms. The third-order valence-electron chi connectivity index (χ3n) is 7.00. The van der Waals surface area contributed by atoms with Crippen molar-refractivity contribution in [2.75, 3.05) is 30.0 Å². The Balaban J connectivity index is 1.19. The summed E-state index contributed by atoms with van der Waals surface area (Å²) in [6.07, 6.45) is 8.06. The number of carbonyl (C=O) groups is 1. The molecule has 188 valence electrons. The first kappa shape index (κ1) is 24.0. The Morgan fingerprint density at radius 1 is 1.11 bits per heavy atom. The molecule has 0 aromatic carbocycles. The number of nitrogens with one attached hydrogen (secondary N) is 1. The van der Waals surface area contributed by atoms with Crippen LogP contribution in [0.2, 0.25) is 0 Å². The molecule has 37 heavy (non-hydrogen) atoms. The maximum Gasteiger partial charge on any atom is 0.253 e. The van der Waals surface area contributed by atoms with Gasteiger partial charge in [0.15, 0.2) is 0 Å². The SMILES string of the molecule is CSc1cncc(C(=O)NCc2cc3nc(-c4cccc(N5CC6CCS(=O)[C@H]6C5)n4)ccc3cn2)c1. The molecule has 3 atom stereocenters. The van der Waals surface area contributed by atoms with Crippen LogP contribution in [0, 0.1) is 5.92 Å². The molecule has 4 aromatic rings. The molecule has 4 aromatic heterocycles. The van der Waals surface area contributed by atoms with E-state index in [1.165, 1.54) is 0 Å². The van der Waals surface area contributed by atoms with Crippen molar-refractivity contribution in [2.24, 2.45) is 5.92 Å². The van der Waals surface area contributed by atoms with E-state index in [1.807, 2.05) is 48.7 Å². The number of rotatable bonds is 6. The predicted molar refractivity (Wildman–Crippen MR) is 147 cm³/mol. The maximum atomic E-state index is 12.6. The highest BCUT2D eigenvalue weighted by molar-refractivity contribution is 7.98. The summed E-state index contributed by atoms with van der Waals surface area (Å²) in [4.78, 5) is 34.1. The van der Waals surface area contributed by atoms with Crippen molar-refractivity contribution in [3.05, 3.63) is 72.3 Å². The van der Waals surface area contributed by atoms with Crippen molar-refractivity contribution < 1.29 is 9.00 Å². The van der Waals surface area contributed by atoms with E-state index in [1.54, 1.807) is 30.4 Å². The third kappa shape index (κ3) is 4.95. The smallest absolute Gasteiger partial charge is 0.253 e. The normalized spacial score (nSPS) is 20.8. The second kappa shape index (κ2) is 10.2. The first-order valence-corrected chi connectivity index (χ1v) is 14.8. The number of anilines is 1. The Hall–Kier alpha value is -3.37. The minimum absolute atomic E-state index is 0.192. The molecule has 2 saturated heterocycles. The van der Waals surface area contributed by atoms with Crippen LogP contribution >= 0.6 is 11.8 Å². The number of carbonyl (C=O) groups excluding carboxylic acids is 1. The van der Waals surface area contributed by atoms with Gasteiger partial charge in [-0.15, -0.1) is 11.8 Å². The molecular weight excluding hydrogens is 504 g/mol. The predicted octanol–water partition coefficient (Wildman–Crippen LogP) is 3.70. The summed E-state index contributed by atoms with van der Waals surface area (Å²) in [5.41, 5.74) is 3.61. The zero-order chi connectivity index (χ0) is 25.4. The summed E-state index contributed by atoms with van der Waals surface area (Å²) in [7, 11) is -0.718. The molecule has 0 aliphatic carbocycles. The van der Waals surface area contributed by atoms with E-state index in [4.69, 9.17) is 9.97 Å². The van der Waals surface area contributed by atoms with Gasteiger partial charge in [-0.3, -0.25) is 19.0 Å². The largest absolute Gasteiger partial charge is 0.355 e. The van der Waals surface area contributed by atoms with Gasteiger partial charge >= 0.3 is 0 Å². The fourth-order valence-electron chi connectivity index (χ4n) is 4.99. The van der Waals surface area contributed by atoms with E-state index in [9.17, 15) is 9.00 Å². The van der Waals surface area contributed by atoms with E-state index in [-0.39, 0.29) is 17.7 Å². The summed E-state index contributed by atoms with van der Waals surface area (Å²) < 4.78 is 12.3. The fourth-order valence-corrected chi connectivity index (χ4v) is 7.24. The molecule has 0 bridgehead atoms. The monoisotopic (exact) mass is 530 g/mol. The van der Waals surface area contributed by atoms with Crippen LogP contribution in [-0.2, 0) is 17.3 Å². The van der Waals surface area contributed by atoms with Gasteiger partial charge in [-0.25, -0.2) is 9.97 Å². The van der Waals surface area contributed by atoms with Crippen molar-refractivity contribution in [1.82, 2.24) is 25.3 Å². The summed E-state index contributed by atoms with van der Waals surface area (Å²) in [6, 6.07) is 13.7. The second-order valence-corrected chi connectivity index (χ2v) is 12.0. The van der Waals surface area contributed by atoms with Crippen LogP contribution in [0.4, 0.5) is 5.82 Å². The average molecular weight is 531 g/mol. The highest BCUT2D eigenvalue weighted by atomic mass is 32.2. The average Bonchev–Trinajstić information content (AvgIpc) is 3.53. The van der Waals surface area contributed by atoms with Crippen LogP contribution in [0.5, 0.6) is 0 Å². The van der Waals surface area contributed by atoms with Gasteiger partial charge in [-0.2, -0.15) is 0 Å². The number of thioether (sulfide) groups is 1. The van der Waals surface area contributed by atoms with Crippen molar-refractivity contribution in [3.8, 4) is 11.4 Å². The summed E-state index contributed by atoms with van der Waals surface area (Å²) in [5, 5.41) is 4.10. The van der Waals surface area contributed by atoms with E-state index >= 15 is 0 Å². The van der Waals surface area contributed by atoms with Crippen LogP contribution in [0.25, 0.3) is 22.3 Å². The lowest BCUT2D eigenvalue weighted by Gasteiger charge is -2.18. The van der Waals surface area contributed by atoms with E-state index in [0.717, 1.165) is 64.0 Å². The third-order valence-corrected chi connectivity index (χ3v) is 9.54. The van der Waals surface area contributed by atoms with Crippen molar-refractivity contribution in [3.63, 3.8) is 0 Å². The fraction of sp³-hybridized carbons (Fsp3) is 0.296. The summed E-state index contributed by atoms with van der Waals surface area (Å²) in [6.45, 7) is 2.00. The van der Waals surface area contributed by atoms with E-state index in [2.05, 4.69) is 20.2 Å². The Morgan fingerprint density at radius 2 is 2.00 bits per heavy atom. The Kier molecular flexibility index (Phi) is 6.60. The van der Waals surface area contributed by atoms with Gasteiger partial charge < -0.3 is 10.2 Å². The number of pyridine rings is 4. The van der Waals surface area contributed by atoms with Gasteiger partial charge in [-0.1, -0.05) is 6.07 Å². The first-order chi connectivity index (χ1) is 18.1. The lowest BCUT2D eigenvalue weighted by atomic mass is 10.1. The number of aromatic nitrogens is 4. The molecule has 2 aliphatic rings. The molecule has 0 saturated carbocycles. The van der Waals surface area contributed by atoms with E-state index in [0.29, 0.717) is 11.5 Å². The molecule has 6 rings (SSSR count). The van der Waals surface area contributed by atoms with Crippen LogP contribution in [-0.4, -0.2) is 60.4 Å². The molecule has 1 amide bonds. The molecule has 2 aliphatic heterocycles. The Labute approximate surface area is 221 Å². The van der Waals surface area contributed by atoms with Gasteiger partial charge in [0.2, 0.25) is 0 Å². The van der Waals surface area contributed by atoms with Crippen molar-refractivity contribution in [2.45, 2.75) is 23.1 Å². The molecular formula is C27H26N6O2S2. The highest BCUT2D eigenvalue weighted by Crippen LogP contribution is 2.34. The minimum Gasteiger partial charge on any atom is -0.355 e.